The molecular weight excluding hydrogens is 1180 g/mol. The summed E-state index contributed by atoms with van der Waals surface area (Å²) in [7, 11) is 9.46. The highest BCUT2D eigenvalue weighted by Gasteiger charge is 2.53. The van der Waals surface area contributed by atoms with Crippen molar-refractivity contribution in [1.82, 2.24) is 30.0 Å². The van der Waals surface area contributed by atoms with Crippen LogP contribution in [0.25, 0.3) is 0 Å². The van der Waals surface area contributed by atoms with E-state index in [1.165, 1.54) is 12.0 Å². The van der Waals surface area contributed by atoms with E-state index in [9.17, 15) is 43.8 Å². The zero-order valence-electron chi connectivity index (χ0n) is 56.9. The summed E-state index contributed by atoms with van der Waals surface area (Å²) in [4.78, 5) is 112. The van der Waals surface area contributed by atoms with Gasteiger partial charge in [-0.25, -0.2) is 14.8 Å². The summed E-state index contributed by atoms with van der Waals surface area (Å²) in [5.74, 6) is -7.32. The largest absolute Gasteiger partial charge is 0.460 e. The molecule has 0 unspecified atom stereocenters. The first-order valence-corrected chi connectivity index (χ1v) is 33.3. The lowest BCUT2D eigenvalue weighted by atomic mass is 9.78. The number of piperidine rings is 1. The number of methoxy groups -OCH3 is 4. The minimum absolute atomic E-state index is 0.0148. The third-order valence-corrected chi connectivity index (χ3v) is 19.5. The molecule has 6 rings (SSSR count). The monoisotopic (exact) mass is 1290 g/mol. The Morgan fingerprint density at radius 3 is 2.17 bits per heavy atom. The van der Waals surface area contributed by atoms with Gasteiger partial charge in [0.25, 0.3) is 11.7 Å². The number of hydrogen-bond acceptors (Lipinski definition) is 20. The second-order valence-electron chi connectivity index (χ2n) is 26.6. The number of amides is 3. The number of piperazine rings is 1. The number of aliphatic hydroxyl groups is 2. The van der Waals surface area contributed by atoms with E-state index >= 15 is 0 Å². The number of anilines is 1. The van der Waals surface area contributed by atoms with Crippen molar-refractivity contribution in [3.63, 3.8) is 0 Å². The predicted molar refractivity (Wildman–Crippen MR) is 346 cm³/mol. The molecule has 1 aromatic heterocycles. The number of nitrogens with one attached hydrogen (secondary N) is 1. The van der Waals surface area contributed by atoms with E-state index < -0.39 is 90.2 Å². The van der Waals surface area contributed by atoms with Gasteiger partial charge in [0.1, 0.15) is 30.5 Å². The number of hydrogen-bond donors (Lipinski definition) is 3. The van der Waals surface area contributed by atoms with Crippen molar-refractivity contribution in [2.24, 2.45) is 35.5 Å². The van der Waals surface area contributed by atoms with Crippen molar-refractivity contribution < 1.29 is 76.9 Å². The minimum atomic E-state index is -2.45. The highest BCUT2D eigenvalue weighted by atomic mass is 16.6. The number of cyclic esters (lactones) is 1. The topological polar surface area (TPSA) is 275 Å². The van der Waals surface area contributed by atoms with E-state index in [1.807, 2.05) is 76.0 Å². The average molecular weight is 1290 g/mol. The van der Waals surface area contributed by atoms with Crippen LogP contribution in [0.4, 0.5) is 5.95 Å². The Kier molecular flexibility index (Phi) is 29.6. The van der Waals surface area contributed by atoms with Crippen LogP contribution in [0, 0.1) is 35.5 Å². The van der Waals surface area contributed by atoms with Gasteiger partial charge in [-0.3, -0.25) is 33.7 Å². The van der Waals surface area contributed by atoms with Gasteiger partial charge >= 0.3 is 11.9 Å². The van der Waals surface area contributed by atoms with Crippen LogP contribution in [0.15, 0.2) is 60.0 Å². The molecule has 3 N–H and O–H groups in total. The van der Waals surface area contributed by atoms with Crippen molar-refractivity contribution >= 4 is 47.2 Å². The molecule has 0 spiro atoms. The molecule has 92 heavy (non-hydrogen) atoms. The zero-order valence-corrected chi connectivity index (χ0v) is 56.9. The van der Waals surface area contributed by atoms with Gasteiger partial charge in [0.15, 0.2) is 5.78 Å². The van der Waals surface area contributed by atoms with E-state index in [0.717, 1.165) is 11.1 Å². The molecule has 16 atom stereocenters. The van der Waals surface area contributed by atoms with Crippen LogP contribution >= 0.6 is 0 Å². The summed E-state index contributed by atoms with van der Waals surface area (Å²) in [5.41, 5.74) is 2.15. The fourth-order valence-corrected chi connectivity index (χ4v) is 13.7. The molecular formula is C69H107N7O16. The summed E-state index contributed by atoms with van der Waals surface area (Å²) in [5, 5.41) is 26.5. The molecule has 2 bridgehead atoms. The number of fused-ring (bicyclic) bond motifs is 3. The van der Waals surface area contributed by atoms with Gasteiger partial charge in [-0.2, -0.15) is 0 Å². The molecule has 1 saturated carbocycles. The van der Waals surface area contributed by atoms with E-state index in [2.05, 4.69) is 15.3 Å². The number of carbonyl (C=O) groups is 7. The van der Waals surface area contributed by atoms with Gasteiger partial charge in [-0.15, -0.1) is 0 Å². The second-order valence-corrected chi connectivity index (χ2v) is 26.6. The van der Waals surface area contributed by atoms with Crippen LogP contribution in [-0.4, -0.2) is 225 Å². The van der Waals surface area contributed by atoms with Gasteiger partial charge in [-0.1, -0.05) is 71.1 Å². The third kappa shape index (κ3) is 20.9. The number of nitrogens with zero attached hydrogens (tertiary/aromatic N) is 6. The number of allylic oxidation sites excluding steroid dienone is 5. The Bertz CT molecular complexity index is 2730. The molecule has 1 aromatic rings. The minimum Gasteiger partial charge on any atom is -0.460 e. The normalized spacial score (nSPS) is 33.7. The first kappa shape index (κ1) is 75.2. The first-order valence-electron chi connectivity index (χ1n) is 33.3. The number of esters is 2. The molecule has 23 nitrogen and oxygen atoms in total. The number of ether oxygens (including phenoxy) is 7. The summed E-state index contributed by atoms with van der Waals surface area (Å²) in [6, 6.07) is -1.13. The molecule has 3 saturated heterocycles. The highest BCUT2D eigenvalue weighted by Crippen LogP contribution is 2.39. The molecule has 0 aromatic carbocycles. The smallest absolute Gasteiger partial charge is 0.329 e. The lowest BCUT2D eigenvalue weighted by molar-refractivity contribution is -0.265. The van der Waals surface area contributed by atoms with Crippen LogP contribution < -0.4 is 10.2 Å². The van der Waals surface area contributed by atoms with Crippen molar-refractivity contribution in [3.05, 3.63) is 65.6 Å². The molecule has 5 aliphatic rings. The van der Waals surface area contributed by atoms with Gasteiger partial charge in [0.05, 0.1) is 37.5 Å². The molecule has 4 aliphatic heterocycles. The molecule has 1 aliphatic carbocycles. The molecule has 3 amide bonds. The quantitative estimate of drug-likeness (QED) is 0.0983. The summed E-state index contributed by atoms with van der Waals surface area (Å²) in [6.07, 6.45) is 15.3. The number of aliphatic hydroxyl groups excluding tert-OH is 1. The number of carbonyl (C=O) groups excluding carboxylic acids is 7. The third-order valence-electron chi connectivity index (χ3n) is 19.5. The fourth-order valence-electron chi connectivity index (χ4n) is 13.7. The zero-order chi connectivity index (χ0) is 67.4. The highest BCUT2D eigenvalue weighted by molar-refractivity contribution is 6.39. The maximum atomic E-state index is 14.9. The number of aryl methyl sites for hydroxylation is 1. The van der Waals surface area contributed by atoms with Crippen molar-refractivity contribution in [1.29, 1.82) is 0 Å². The van der Waals surface area contributed by atoms with E-state index in [4.69, 9.17) is 33.2 Å². The van der Waals surface area contributed by atoms with Gasteiger partial charge in [0, 0.05) is 118 Å². The van der Waals surface area contributed by atoms with Crippen LogP contribution in [0.3, 0.4) is 0 Å². The van der Waals surface area contributed by atoms with Crippen LogP contribution in [0.5, 0.6) is 0 Å². The fraction of sp³-hybridized carbons (Fsp3) is 0.725. The Balaban J connectivity index is 1.15. The number of rotatable bonds is 16. The second kappa shape index (κ2) is 36.2. The SMILES string of the molecule is CNC(=O)CN(C)CC(=O)N1CCN(c2ncc(CCC(=O)O[C@@H]3CC[C@@H](C[C@@H](C)[C@@H]4C[C@@H](OC)[C@H](C)/C=C(\C)[C@@H](O)[C@@H](OC)C(=O)[C@H](C)C[C@H](C)/C=C/C=C/C=C(\C)[C@@H](OC)C[C@@H]5CC[C@@H](C)[C@@](O)(O5)C(=O)C(=O)N5CCCC[C@H]5C(=O)O4)C[C@H]3OC)cn2)CC1. The van der Waals surface area contributed by atoms with E-state index in [0.29, 0.717) is 108 Å². The Labute approximate surface area is 545 Å². The van der Waals surface area contributed by atoms with E-state index in [1.54, 1.807) is 71.5 Å². The maximum absolute atomic E-state index is 14.9. The van der Waals surface area contributed by atoms with Crippen LogP contribution in [0.1, 0.15) is 138 Å². The predicted octanol–water partition coefficient (Wildman–Crippen LogP) is 5.93. The standard InChI is InChI=1S/C69H107N7O16/c1-43-19-15-14-16-20-44(2)55(86-10)37-52-25-22-49(7)69(85,92-52)65(82)66(83)76-28-18-17-21-53(76)67(84)91-57(38-56(87-11)45(3)34-48(6)63(81)64(89-13)62(80)47(5)33-43)46(4)35-50-23-26-54(58(36-50)88-12)90-61(79)27-24-51-39-71-68(72-40-51)75-31-29-74(30-32-75)60(78)42-73(9)41-59(77)70-8/h14-16,19-20,34,39-40,43,45-47,49-50,52-58,63-64,81,85H,17-18,21-33,35-38,41-42H2,1-13H3,(H,70,77)/b16-14+,19-15+,44-20+,48-34+/t43-,45-,46-,47-,49-,50+,52+,53+,54-,55+,56-,57+,58-,63-,64+,69-/m1/s1. The van der Waals surface area contributed by atoms with Gasteiger partial charge in [-0.05, 0) is 126 Å². The molecule has 4 fully saturated rings. The lowest BCUT2D eigenvalue weighted by Gasteiger charge is -2.43. The van der Waals surface area contributed by atoms with Crippen LogP contribution in [-0.2, 0) is 73.1 Å². The molecule has 23 heteroatoms. The number of likely N-dealkylation sites (N-methyl/N-ethyl adjacent to an activating group) is 2. The summed E-state index contributed by atoms with van der Waals surface area (Å²) in [6.45, 7) is 15.6. The Hall–Kier alpha value is -5.79. The molecule has 0 radical (unpaired) electrons. The molecule has 5 heterocycles. The van der Waals surface area contributed by atoms with Crippen molar-refractivity contribution in [2.45, 2.75) is 199 Å². The number of aromatic nitrogens is 2. The first-order chi connectivity index (χ1) is 43.8. The van der Waals surface area contributed by atoms with Crippen molar-refractivity contribution in [2.75, 3.05) is 93.2 Å². The van der Waals surface area contributed by atoms with Gasteiger partial charge < -0.3 is 63.4 Å². The maximum Gasteiger partial charge on any atom is 0.329 e. The molecule has 514 valence electrons. The average Bonchev–Trinajstić information content (AvgIpc) is 0.807. The van der Waals surface area contributed by atoms with Crippen LogP contribution in [0.2, 0.25) is 0 Å². The lowest BCUT2D eigenvalue weighted by Crippen LogP contribution is -2.61. The van der Waals surface area contributed by atoms with E-state index in [-0.39, 0.29) is 86.1 Å². The summed E-state index contributed by atoms with van der Waals surface area (Å²) < 4.78 is 42.7. The number of ketones is 2. The Morgan fingerprint density at radius 1 is 0.804 bits per heavy atom. The Morgan fingerprint density at radius 2 is 1.51 bits per heavy atom. The summed E-state index contributed by atoms with van der Waals surface area (Å²) >= 11 is 0. The number of Topliss-reactive ketones (excluding diaryl/α,β-unsaturated/α-hetero) is 2. The van der Waals surface area contributed by atoms with Gasteiger partial charge in [0.2, 0.25) is 23.5 Å². The van der Waals surface area contributed by atoms with Crippen molar-refractivity contribution in [3.8, 4) is 0 Å².